The van der Waals surface area contributed by atoms with E-state index in [-0.39, 0.29) is 12.2 Å². The molecule has 8 heteroatoms. The molecule has 182 valence electrons. The van der Waals surface area contributed by atoms with Crippen LogP contribution in [0.4, 0.5) is 0 Å². The molecule has 0 aliphatic carbocycles. The minimum absolute atomic E-state index is 0.134. The molecule has 1 atom stereocenters. The van der Waals surface area contributed by atoms with Gasteiger partial charge >= 0.3 is 5.97 Å². The van der Waals surface area contributed by atoms with E-state index in [9.17, 15) is 9.59 Å². The first-order valence-electron chi connectivity index (χ1n) is 11.5. The lowest BCUT2D eigenvalue weighted by Gasteiger charge is -2.25. The van der Waals surface area contributed by atoms with E-state index in [0.717, 1.165) is 21.8 Å². The molecule has 0 radical (unpaired) electrons. The normalized spacial score (nSPS) is 15.4. The van der Waals surface area contributed by atoms with Crippen molar-refractivity contribution in [1.82, 2.24) is 4.57 Å². The van der Waals surface area contributed by atoms with Gasteiger partial charge in [-0.25, -0.2) is 9.79 Å². The van der Waals surface area contributed by atoms with E-state index in [1.807, 2.05) is 85.1 Å². The van der Waals surface area contributed by atoms with E-state index in [1.165, 1.54) is 11.3 Å². The molecule has 0 fully saturated rings. The van der Waals surface area contributed by atoms with E-state index in [1.54, 1.807) is 22.8 Å². The number of nitrogens with zero attached hydrogens (tertiary/aromatic N) is 2. The Labute approximate surface area is 216 Å². The van der Waals surface area contributed by atoms with Crippen LogP contribution in [-0.4, -0.2) is 17.1 Å². The van der Waals surface area contributed by atoms with Gasteiger partial charge in [-0.05, 0) is 54.6 Å². The molecular formula is C28H24N2O4S2. The van der Waals surface area contributed by atoms with Crippen molar-refractivity contribution in [2.24, 2.45) is 4.99 Å². The number of rotatable bonds is 7. The summed E-state index contributed by atoms with van der Waals surface area (Å²) >= 11 is 2.88. The van der Waals surface area contributed by atoms with Crippen molar-refractivity contribution >= 4 is 34.7 Å². The number of hydrogen-bond acceptors (Lipinski definition) is 7. The molecule has 1 unspecified atom stereocenters. The van der Waals surface area contributed by atoms with Crippen molar-refractivity contribution in [3.63, 3.8) is 0 Å². The van der Waals surface area contributed by atoms with Gasteiger partial charge in [-0.2, -0.15) is 0 Å². The summed E-state index contributed by atoms with van der Waals surface area (Å²) in [4.78, 5) is 33.3. The smallest absolute Gasteiger partial charge is 0.338 e. The predicted octanol–water partition coefficient (Wildman–Crippen LogP) is 4.44. The molecule has 0 saturated carbocycles. The van der Waals surface area contributed by atoms with Crippen molar-refractivity contribution < 1.29 is 14.3 Å². The fraction of sp³-hybridized carbons (Fsp3) is 0.179. The Morgan fingerprint density at radius 3 is 2.56 bits per heavy atom. The SMILES string of the molecule is CCOc1ccc(C2C(C(=O)OCc3ccccc3)=C(C)N=c3sc(=Cc4cccs4)c(=O)n32)cc1. The molecule has 6 nitrogen and oxygen atoms in total. The maximum Gasteiger partial charge on any atom is 0.338 e. The number of aromatic nitrogens is 1. The number of carbonyl (C=O) groups excluding carboxylic acids is 1. The van der Waals surface area contributed by atoms with E-state index < -0.39 is 12.0 Å². The number of carbonyl (C=O) groups is 1. The van der Waals surface area contributed by atoms with Gasteiger partial charge in [0.25, 0.3) is 5.56 Å². The van der Waals surface area contributed by atoms with Crippen molar-refractivity contribution in [3.8, 4) is 5.75 Å². The number of hydrogen-bond donors (Lipinski definition) is 0. The first kappa shape index (κ1) is 24.0. The molecule has 2 aromatic heterocycles. The van der Waals surface area contributed by atoms with E-state index in [2.05, 4.69) is 4.99 Å². The first-order valence-corrected chi connectivity index (χ1v) is 13.2. The molecule has 36 heavy (non-hydrogen) atoms. The van der Waals surface area contributed by atoms with Gasteiger partial charge in [-0.3, -0.25) is 9.36 Å². The second-order valence-corrected chi connectivity index (χ2v) is 10.1. The van der Waals surface area contributed by atoms with Crippen molar-refractivity contribution in [2.75, 3.05) is 6.61 Å². The first-order chi connectivity index (χ1) is 17.5. The largest absolute Gasteiger partial charge is 0.494 e. The Hall–Kier alpha value is -3.75. The van der Waals surface area contributed by atoms with E-state index in [4.69, 9.17) is 9.47 Å². The Balaban J connectivity index is 1.60. The predicted molar refractivity (Wildman–Crippen MR) is 142 cm³/mol. The fourth-order valence-corrected chi connectivity index (χ4v) is 5.88. The number of thiazole rings is 1. The van der Waals surface area contributed by atoms with Crippen molar-refractivity contribution in [3.05, 3.63) is 119 Å². The van der Waals surface area contributed by atoms with Crippen LogP contribution in [-0.2, 0) is 16.1 Å². The minimum Gasteiger partial charge on any atom is -0.494 e. The Bertz CT molecular complexity index is 1580. The summed E-state index contributed by atoms with van der Waals surface area (Å²) in [6.45, 7) is 4.40. The van der Waals surface area contributed by atoms with Crippen LogP contribution in [0.15, 0.2) is 93.2 Å². The Morgan fingerprint density at radius 1 is 1.08 bits per heavy atom. The topological polar surface area (TPSA) is 69.9 Å². The van der Waals surface area contributed by atoms with Crippen LogP contribution in [0.1, 0.15) is 35.9 Å². The van der Waals surface area contributed by atoms with Crippen LogP contribution < -0.4 is 19.6 Å². The summed E-state index contributed by atoms with van der Waals surface area (Å²) < 4.78 is 13.5. The average Bonchev–Trinajstić information content (AvgIpc) is 3.51. The number of allylic oxidation sites excluding steroid dienone is 1. The lowest BCUT2D eigenvalue weighted by atomic mass is 9.96. The second kappa shape index (κ2) is 10.5. The van der Waals surface area contributed by atoms with Crippen molar-refractivity contribution in [1.29, 1.82) is 0 Å². The van der Waals surface area contributed by atoms with Gasteiger partial charge in [-0.15, -0.1) is 11.3 Å². The van der Waals surface area contributed by atoms with Crippen LogP contribution in [0.5, 0.6) is 5.75 Å². The summed E-state index contributed by atoms with van der Waals surface area (Å²) in [5.41, 5.74) is 2.37. The highest BCUT2D eigenvalue weighted by molar-refractivity contribution is 7.11. The average molecular weight is 517 g/mol. The highest BCUT2D eigenvalue weighted by Gasteiger charge is 2.33. The zero-order valence-electron chi connectivity index (χ0n) is 19.8. The molecular weight excluding hydrogens is 492 g/mol. The Kier molecular flexibility index (Phi) is 6.97. The third-order valence-electron chi connectivity index (χ3n) is 5.78. The van der Waals surface area contributed by atoms with Gasteiger partial charge in [0.05, 0.1) is 28.5 Å². The molecule has 5 rings (SSSR count). The number of ether oxygens (including phenoxy) is 2. The number of esters is 1. The Morgan fingerprint density at radius 2 is 1.86 bits per heavy atom. The molecule has 4 aromatic rings. The van der Waals surface area contributed by atoms with Crippen LogP contribution in [0.2, 0.25) is 0 Å². The van der Waals surface area contributed by atoms with Gasteiger partial charge in [0.15, 0.2) is 4.80 Å². The van der Waals surface area contributed by atoms with Crippen molar-refractivity contribution in [2.45, 2.75) is 26.5 Å². The van der Waals surface area contributed by atoms with Gasteiger partial charge < -0.3 is 9.47 Å². The molecule has 0 bridgehead atoms. The minimum atomic E-state index is -0.661. The highest BCUT2D eigenvalue weighted by atomic mass is 32.1. The molecule has 1 aliphatic rings. The summed E-state index contributed by atoms with van der Waals surface area (Å²) in [5.74, 6) is 0.229. The van der Waals surface area contributed by atoms with Gasteiger partial charge in [0, 0.05) is 4.88 Å². The summed E-state index contributed by atoms with van der Waals surface area (Å²) in [6, 6.07) is 20.2. The lowest BCUT2D eigenvalue weighted by Crippen LogP contribution is -2.39. The third-order valence-corrected chi connectivity index (χ3v) is 7.58. The highest BCUT2D eigenvalue weighted by Crippen LogP contribution is 2.32. The standard InChI is InChI=1S/C28H24N2O4S2/c1-3-33-21-13-11-20(12-14-21)25-24(27(32)34-17-19-8-5-4-6-9-19)18(2)29-28-30(25)26(31)23(36-28)16-22-10-7-15-35-22/h4-16,25H,3,17H2,1-2H3. The molecule has 1 aliphatic heterocycles. The monoisotopic (exact) mass is 516 g/mol. The zero-order chi connectivity index (χ0) is 25.1. The van der Waals surface area contributed by atoms with Crippen LogP contribution in [0.25, 0.3) is 6.08 Å². The maximum atomic E-state index is 13.6. The van der Waals surface area contributed by atoms with Gasteiger partial charge in [0.1, 0.15) is 12.4 Å². The molecule has 0 saturated heterocycles. The van der Waals surface area contributed by atoms with Crippen LogP contribution in [0.3, 0.4) is 0 Å². The van der Waals surface area contributed by atoms with Gasteiger partial charge in [0.2, 0.25) is 0 Å². The maximum absolute atomic E-state index is 13.6. The molecule has 0 amide bonds. The second-order valence-electron chi connectivity index (χ2n) is 8.16. The van der Waals surface area contributed by atoms with E-state index >= 15 is 0 Å². The molecule has 3 heterocycles. The third kappa shape index (κ3) is 4.82. The number of thiophene rings is 1. The molecule has 0 N–H and O–H groups in total. The fourth-order valence-electron chi connectivity index (χ4n) is 4.11. The van der Waals surface area contributed by atoms with E-state index in [0.29, 0.717) is 27.2 Å². The van der Waals surface area contributed by atoms with Crippen LogP contribution in [0, 0.1) is 0 Å². The summed E-state index contributed by atoms with van der Waals surface area (Å²) in [6.07, 6.45) is 1.87. The quantitative estimate of drug-likeness (QED) is 0.341. The molecule has 0 spiro atoms. The summed E-state index contributed by atoms with van der Waals surface area (Å²) in [7, 11) is 0. The molecule has 2 aromatic carbocycles. The van der Waals surface area contributed by atoms with Crippen LogP contribution >= 0.6 is 22.7 Å². The summed E-state index contributed by atoms with van der Waals surface area (Å²) in [5, 5.41) is 1.97. The van der Waals surface area contributed by atoms with Gasteiger partial charge in [-0.1, -0.05) is 59.9 Å². The number of fused-ring (bicyclic) bond motifs is 1. The number of benzene rings is 2. The zero-order valence-corrected chi connectivity index (χ0v) is 21.5. The lowest BCUT2D eigenvalue weighted by molar-refractivity contribution is -0.140.